The third kappa shape index (κ3) is 6.11. The van der Waals surface area contributed by atoms with Gasteiger partial charge in [-0.25, -0.2) is 0 Å². The van der Waals surface area contributed by atoms with E-state index >= 15 is 0 Å². The van der Waals surface area contributed by atoms with Gasteiger partial charge in [0.1, 0.15) is 0 Å². The molecular formula is C65H44N2. The summed E-state index contributed by atoms with van der Waals surface area (Å²) in [5, 5.41) is 4.86. The molecule has 1 aliphatic rings. The highest BCUT2D eigenvalue weighted by molar-refractivity contribution is 6.11. The summed E-state index contributed by atoms with van der Waals surface area (Å²) in [6, 6.07) is 98.1. The maximum absolute atomic E-state index is 2.49. The Bertz CT molecular complexity index is 3750. The van der Waals surface area contributed by atoms with Gasteiger partial charge in [-0.2, -0.15) is 0 Å². The van der Waals surface area contributed by atoms with Crippen molar-refractivity contribution in [3.8, 4) is 39.1 Å². The predicted molar refractivity (Wildman–Crippen MR) is 281 cm³/mol. The van der Waals surface area contributed by atoms with Crippen LogP contribution in [0.3, 0.4) is 0 Å². The number of para-hydroxylation sites is 2. The minimum absolute atomic E-state index is 0.502. The van der Waals surface area contributed by atoms with Crippen LogP contribution in [0.25, 0.3) is 71.6 Å². The number of hydrogen-bond acceptors (Lipinski definition) is 1. The third-order valence-electron chi connectivity index (χ3n) is 14.1. The van der Waals surface area contributed by atoms with E-state index in [0.29, 0.717) is 0 Å². The number of aromatic nitrogens is 1. The number of fused-ring (bicyclic) bond motifs is 7. The zero-order valence-corrected chi connectivity index (χ0v) is 36.8. The van der Waals surface area contributed by atoms with E-state index < -0.39 is 5.41 Å². The summed E-state index contributed by atoms with van der Waals surface area (Å²) in [6.45, 7) is 0. The van der Waals surface area contributed by atoms with Crippen molar-refractivity contribution < 1.29 is 0 Å². The molecule has 0 amide bonds. The van der Waals surface area contributed by atoms with E-state index in [1.165, 1.54) is 71.6 Å². The predicted octanol–water partition coefficient (Wildman–Crippen LogP) is 17.1. The minimum atomic E-state index is -0.502. The van der Waals surface area contributed by atoms with Crippen LogP contribution in [0, 0.1) is 0 Å². The maximum Gasteiger partial charge on any atom is 0.0714 e. The quantitative estimate of drug-likeness (QED) is 0.148. The molecule has 0 unspecified atom stereocenters. The molecule has 2 nitrogen and oxygen atoms in total. The van der Waals surface area contributed by atoms with Gasteiger partial charge in [0.25, 0.3) is 0 Å². The Hall–Kier alpha value is -8.72. The van der Waals surface area contributed by atoms with Crippen LogP contribution < -0.4 is 4.90 Å². The fourth-order valence-electron chi connectivity index (χ4n) is 11.1. The van der Waals surface area contributed by atoms with Gasteiger partial charge in [0.05, 0.1) is 27.8 Å². The van der Waals surface area contributed by atoms with E-state index in [1.807, 2.05) is 0 Å². The Morgan fingerprint density at radius 2 is 0.866 bits per heavy atom. The number of rotatable bonds is 8. The summed E-state index contributed by atoms with van der Waals surface area (Å²) in [5.41, 5.74) is 18.7. The fourth-order valence-corrected chi connectivity index (χ4v) is 11.1. The zero-order chi connectivity index (χ0) is 44.3. The van der Waals surface area contributed by atoms with Crippen LogP contribution in [-0.4, -0.2) is 4.57 Å². The number of hydrogen-bond donors (Lipinski definition) is 0. The highest BCUT2D eigenvalue weighted by atomic mass is 15.1. The van der Waals surface area contributed by atoms with Crippen LogP contribution in [0.4, 0.5) is 17.1 Å². The normalized spacial score (nSPS) is 12.6. The highest BCUT2D eigenvalue weighted by Gasteiger charge is 2.46. The molecule has 0 radical (unpaired) electrons. The lowest BCUT2D eigenvalue weighted by Gasteiger charge is -2.34. The smallest absolute Gasteiger partial charge is 0.0714 e. The first-order valence-corrected chi connectivity index (χ1v) is 23.2. The van der Waals surface area contributed by atoms with E-state index in [9.17, 15) is 0 Å². The Morgan fingerprint density at radius 3 is 1.64 bits per heavy atom. The standard InChI is InChI=1S/C65H44N2/c1-4-19-45(20-5-1)46-35-38-51(39-36-46)66(62-34-18-22-47-21-10-11-27-53(47)62)61-32-16-13-28-54(61)48-37-41-58-57-30-14-17-33-63(57)67(64(58)43-48)52-40-42-56-55-29-12-15-31-59(55)65(60(56)44-52,49-23-6-2-7-24-49)50-25-8-3-9-26-50/h1-44H. The van der Waals surface area contributed by atoms with Gasteiger partial charge in [-0.05, 0) is 104 Å². The molecule has 0 N–H and O–H groups in total. The second-order valence-electron chi connectivity index (χ2n) is 17.6. The first kappa shape index (κ1) is 38.7. The van der Waals surface area contributed by atoms with Crippen molar-refractivity contribution in [2.75, 3.05) is 4.90 Å². The first-order chi connectivity index (χ1) is 33.3. The lowest BCUT2D eigenvalue weighted by atomic mass is 9.67. The molecule has 0 bridgehead atoms. The van der Waals surface area contributed by atoms with Gasteiger partial charge < -0.3 is 9.47 Å². The Kier molecular flexibility index (Phi) is 9.11. The second-order valence-corrected chi connectivity index (χ2v) is 17.6. The molecule has 0 spiro atoms. The Morgan fingerprint density at radius 1 is 0.313 bits per heavy atom. The molecule has 2 heteroatoms. The second kappa shape index (κ2) is 15.8. The Labute approximate surface area is 390 Å². The lowest BCUT2D eigenvalue weighted by molar-refractivity contribution is 0.767. The summed E-state index contributed by atoms with van der Waals surface area (Å²) in [6.07, 6.45) is 0. The van der Waals surface area contributed by atoms with Crippen molar-refractivity contribution in [1.29, 1.82) is 0 Å². The van der Waals surface area contributed by atoms with Crippen molar-refractivity contribution >= 4 is 49.6 Å². The molecule has 1 heterocycles. The highest BCUT2D eigenvalue weighted by Crippen LogP contribution is 2.57. The van der Waals surface area contributed by atoms with Gasteiger partial charge in [0.15, 0.2) is 0 Å². The molecule has 0 saturated heterocycles. The van der Waals surface area contributed by atoms with Crippen LogP contribution in [0.5, 0.6) is 0 Å². The van der Waals surface area contributed by atoms with Crippen molar-refractivity contribution in [1.82, 2.24) is 4.57 Å². The summed E-state index contributed by atoms with van der Waals surface area (Å²) >= 11 is 0. The summed E-state index contributed by atoms with van der Waals surface area (Å²) < 4.78 is 2.49. The molecule has 314 valence electrons. The first-order valence-electron chi connectivity index (χ1n) is 23.2. The van der Waals surface area contributed by atoms with Crippen LogP contribution in [-0.2, 0) is 5.41 Å². The van der Waals surface area contributed by atoms with Gasteiger partial charge in [-0.3, -0.25) is 0 Å². The summed E-state index contributed by atoms with van der Waals surface area (Å²) in [7, 11) is 0. The van der Waals surface area contributed by atoms with Crippen molar-refractivity contribution in [3.05, 3.63) is 289 Å². The molecule has 0 atom stereocenters. The van der Waals surface area contributed by atoms with Gasteiger partial charge in [0.2, 0.25) is 0 Å². The number of benzene rings is 11. The van der Waals surface area contributed by atoms with E-state index in [4.69, 9.17) is 0 Å². The van der Waals surface area contributed by atoms with Gasteiger partial charge in [-0.1, -0.05) is 218 Å². The zero-order valence-electron chi connectivity index (χ0n) is 36.8. The number of nitrogens with zero attached hydrogens (tertiary/aromatic N) is 2. The van der Waals surface area contributed by atoms with Gasteiger partial charge in [0, 0.05) is 33.1 Å². The molecule has 0 fully saturated rings. The molecule has 0 aliphatic heterocycles. The molecule has 0 saturated carbocycles. The minimum Gasteiger partial charge on any atom is -0.309 e. The van der Waals surface area contributed by atoms with Crippen molar-refractivity contribution in [2.24, 2.45) is 0 Å². The van der Waals surface area contributed by atoms with E-state index in [-0.39, 0.29) is 0 Å². The van der Waals surface area contributed by atoms with Crippen LogP contribution in [0.15, 0.2) is 267 Å². The molecule has 1 aromatic heterocycles. The monoisotopic (exact) mass is 852 g/mol. The lowest BCUT2D eigenvalue weighted by Crippen LogP contribution is -2.28. The van der Waals surface area contributed by atoms with E-state index in [0.717, 1.165) is 39.4 Å². The van der Waals surface area contributed by atoms with E-state index in [1.54, 1.807) is 0 Å². The summed E-state index contributed by atoms with van der Waals surface area (Å²) in [5.74, 6) is 0. The fraction of sp³-hybridized carbons (Fsp3) is 0.0154. The van der Waals surface area contributed by atoms with Gasteiger partial charge >= 0.3 is 0 Å². The maximum atomic E-state index is 2.49. The molecule has 12 aromatic rings. The molecular weight excluding hydrogens is 809 g/mol. The SMILES string of the molecule is c1ccc(-c2ccc(N(c3ccccc3-c3ccc4c5ccccc5n(-c5ccc6c(c5)C(c5ccccc5)(c5ccccc5)c5ccccc5-6)c4c3)c3cccc4ccccc34)cc2)cc1. The molecule has 13 rings (SSSR count). The average molecular weight is 853 g/mol. The van der Waals surface area contributed by atoms with Crippen LogP contribution in [0.2, 0.25) is 0 Å². The van der Waals surface area contributed by atoms with Gasteiger partial charge in [-0.15, -0.1) is 0 Å². The molecule has 11 aromatic carbocycles. The van der Waals surface area contributed by atoms with Crippen molar-refractivity contribution in [3.63, 3.8) is 0 Å². The molecule has 1 aliphatic carbocycles. The third-order valence-corrected chi connectivity index (χ3v) is 14.1. The molecule has 67 heavy (non-hydrogen) atoms. The van der Waals surface area contributed by atoms with Crippen LogP contribution in [0.1, 0.15) is 22.3 Å². The van der Waals surface area contributed by atoms with E-state index in [2.05, 4.69) is 276 Å². The van der Waals surface area contributed by atoms with Crippen molar-refractivity contribution in [2.45, 2.75) is 5.41 Å². The Balaban J connectivity index is 1.02. The van der Waals surface area contributed by atoms with Crippen LogP contribution >= 0.6 is 0 Å². The average Bonchev–Trinajstić information content (AvgIpc) is 3.90. The summed E-state index contributed by atoms with van der Waals surface area (Å²) in [4.78, 5) is 2.44. The largest absolute Gasteiger partial charge is 0.309 e. The number of anilines is 3. The topological polar surface area (TPSA) is 8.17 Å².